The predicted octanol–water partition coefficient (Wildman–Crippen LogP) is 3.14. The molecule has 1 amide bonds. The third-order valence-corrected chi connectivity index (χ3v) is 3.57. The molecule has 0 radical (unpaired) electrons. The molecule has 4 nitrogen and oxygen atoms in total. The number of amides is 1. The van der Waals surface area contributed by atoms with Gasteiger partial charge in [0.05, 0.1) is 5.69 Å². The summed E-state index contributed by atoms with van der Waals surface area (Å²) in [5, 5.41) is 4.67. The van der Waals surface area contributed by atoms with Crippen LogP contribution in [0.1, 0.15) is 25.5 Å². The topological polar surface area (TPSA) is 38.1 Å². The minimum Gasteiger partial charge on any atom is -0.347 e. The molecule has 4 heteroatoms. The summed E-state index contributed by atoms with van der Waals surface area (Å²) in [6.07, 6.45) is 1.97. The van der Waals surface area contributed by atoms with Crippen LogP contribution in [-0.2, 0) is 4.79 Å². The van der Waals surface area contributed by atoms with Crippen molar-refractivity contribution < 1.29 is 4.79 Å². The van der Waals surface area contributed by atoms with Crippen LogP contribution in [0.4, 0.5) is 0 Å². The second-order valence-electron chi connectivity index (χ2n) is 5.93. The van der Waals surface area contributed by atoms with Gasteiger partial charge >= 0.3 is 0 Å². The second kappa shape index (κ2) is 6.12. The molecule has 2 aromatic rings. The molecule has 21 heavy (non-hydrogen) atoms. The van der Waals surface area contributed by atoms with E-state index in [1.54, 1.807) is 19.0 Å². The van der Waals surface area contributed by atoms with Gasteiger partial charge in [-0.25, -0.2) is 0 Å². The highest BCUT2D eigenvalue weighted by Gasteiger charge is 2.27. The van der Waals surface area contributed by atoms with Crippen molar-refractivity contribution in [3.05, 3.63) is 42.1 Å². The monoisotopic (exact) mass is 285 g/mol. The molecule has 1 aromatic carbocycles. The van der Waals surface area contributed by atoms with Gasteiger partial charge in [0, 0.05) is 25.9 Å². The van der Waals surface area contributed by atoms with Crippen LogP contribution in [0.5, 0.6) is 0 Å². The number of aryl methyl sites for hydroxylation is 1. The van der Waals surface area contributed by atoms with E-state index in [1.165, 1.54) is 0 Å². The number of likely N-dealkylation sites (N-methyl/N-ethyl adjacent to an activating group) is 1. The van der Waals surface area contributed by atoms with E-state index in [0.717, 1.165) is 16.8 Å². The van der Waals surface area contributed by atoms with Crippen LogP contribution in [0.3, 0.4) is 0 Å². The molecule has 1 aromatic heterocycles. The van der Waals surface area contributed by atoms with Gasteiger partial charge in [0.25, 0.3) is 0 Å². The number of hydrogen-bond acceptors (Lipinski definition) is 2. The molecule has 0 bridgehead atoms. The first-order valence-corrected chi connectivity index (χ1v) is 7.24. The number of hydrogen-bond donors (Lipinski definition) is 0. The average Bonchev–Trinajstić information content (AvgIpc) is 2.81. The van der Waals surface area contributed by atoms with Crippen molar-refractivity contribution in [3.8, 4) is 11.3 Å². The number of nitrogens with zero attached hydrogens (tertiary/aromatic N) is 3. The maximum Gasteiger partial charge on any atom is 0.247 e. The molecule has 0 aliphatic heterocycles. The van der Waals surface area contributed by atoms with Gasteiger partial charge in [0.2, 0.25) is 5.91 Å². The van der Waals surface area contributed by atoms with Gasteiger partial charge in [-0.15, -0.1) is 0 Å². The maximum absolute atomic E-state index is 12.4. The van der Waals surface area contributed by atoms with E-state index in [4.69, 9.17) is 0 Å². The molecule has 112 valence electrons. The number of aromatic nitrogens is 2. The molecule has 1 unspecified atom stereocenters. The Hall–Kier alpha value is -2.10. The summed E-state index contributed by atoms with van der Waals surface area (Å²) in [4.78, 5) is 14.0. The lowest BCUT2D eigenvalue weighted by molar-refractivity contribution is -0.133. The highest BCUT2D eigenvalue weighted by atomic mass is 16.2. The molecule has 0 aliphatic rings. The Labute approximate surface area is 126 Å². The first kappa shape index (κ1) is 15.3. The van der Waals surface area contributed by atoms with Gasteiger partial charge in [0.15, 0.2) is 0 Å². The van der Waals surface area contributed by atoms with E-state index in [2.05, 4.69) is 5.10 Å². The number of carbonyl (C=O) groups is 1. The summed E-state index contributed by atoms with van der Waals surface area (Å²) < 4.78 is 1.81. The van der Waals surface area contributed by atoms with Crippen LogP contribution in [0, 0.1) is 12.8 Å². The van der Waals surface area contributed by atoms with Crippen LogP contribution < -0.4 is 0 Å². The van der Waals surface area contributed by atoms with Crippen molar-refractivity contribution in [1.82, 2.24) is 14.7 Å². The summed E-state index contributed by atoms with van der Waals surface area (Å²) in [7, 11) is 3.57. The molecular formula is C17H23N3O. The van der Waals surface area contributed by atoms with Crippen molar-refractivity contribution in [3.63, 3.8) is 0 Å². The van der Waals surface area contributed by atoms with Gasteiger partial charge < -0.3 is 4.90 Å². The van der Waals surface area contributed by atoms with E-state index in [9.17, 15) is 4.79 Å². The normalized spacial score (nSPS) is 12.5. The molecule has 0 saturated carbocycles. The van der Waals surface area contributed by atoms with Crippen LogP contribution in [0.15, 0.2) is 36.5 Å². The van der Waals surface area contributed by atoms with Crippen LogP contribution in [0.25, 0.3) is 11.3 Å². The van der Waals surface area contributed by atoms with E-state index >= 15 is 0 Å². The van der Waals surface area contributed by atoms with E-state index in [-0.39, 0.29) is 17.9 Å². The summed E-state index contributed by atoms with van der Waals surface area (Å²) in [5.74, 6) is 0.259. The van der Waals surface area contributed by atoms with Crippen LogP contribution >= 0.6 is 0 Å². The van der Waals surface area contributed by atoms with E-state index in [0.29, 0.717) is 0 Å². The SMILES string of the molecule is Cc1cn(C(C(=O)N(C)C)C(C)C)nc1-c1ccccc1. The Balaban J connectivity index is 2.43. The molecule has 2 rings (SSSR count). The van der Waals surface area contributed by atoms with Crippen molar-refractivity contribution in [1.29, 1.82) is 0 Å². The zero-order valence-corrected chi connectivity index (χ0v) is 13.4. The summed E-state index contributed by atoms with van der Waals surface area (Å²) in [6, 6.07) is 9.80. The Morgan fingerprint density at radius 3 is 2.33 bits per heavy atom. The zero-order valence-electron chi connectivity index (χ0n) is 13.4. The third-order valence-electron chi connectivity index (χ3n) is 3.57. The third kappa shape index (κ3) is 3.15. The number of carbonyl (C=O) groups excluding carboxylic acids is 1. The fraction of sp³-hybridized carbons (Fsp3) is 0.412. The Morgan fingerprint density at radius 2 is 1.81 bits per heavy atom. The Morgan fingerprint density at radius 1 is 1.19 bits per heavy atom. The van der Waals surface area contributed by atoms with Gasteiger partial charge in [0.1, 0.15) is 6.04 Å². The zero-order chi connectivity index (χ0) is 15.6. The van der Waals surface area contributed by atoms with Crippen molar-refractivity contribution in [2.45, 2.75) is 26.8 Å². The molecular weight excluding hydrogens is 262 g/mol. The largest absolute Gasteiger partial charge is 0.347 e. The highest BCUT2D eigenvalue weighted by molar-refractivity contribution is 5.80. The van der Waals surface area contributed by atoms with Gasteiger partial charge in [-0.2, -0.15) is 5.10 Å². The van der Waals surface area contributed by atoms with Gasteiger partial charge in [-0.3, -0.25) is 9.48 Å². The van der Waals surface area contributed by atoms with E-state index in [1.807, 2.05) is 62.0 Å². The average molecular weight is 285 g/mol. The lowest BCUT2D eigenvalue weighted by atomic mass is 10.0. The first-order chi connectivity index (χ1) is 9.91. The van der Waals surface area contributed by atoms with Gasteiger partial charge in [-0.05, 0) is 18.4 Å². The standard InChI is InChI=1S/C17H23N3O/c1-12(2)16(17(21)19(4)5)20-11-13(3)15(18-20)14-9-7-6-8-10-14/h6-12,16H,1-5H3. The molecule has 0 spiro atoms. The summed E-state index contributed by atoms with van der Waals surface area (Å²) in [5.41, 5.74) is 3.10. The smallest absolute Gasteiger partial charge is 0.247 e. The predicted molar refractivity (Wildman–Crippen MR) is 85.0 cm³/mol. The minimum atomic E-state index is -0.267. The first-order valence-electron chi connectivity index (χ1n) is 7.24. The number of rotatable bonds is 4. The summed E-state index contributed by atoms with van der Waals surface area (Å²) in [6.45, 7) is 6.12. The molecule has 0 fully saturated rings. The maximum atomic E-state index is 12.4. The Kier molecular flexibility index (Phi) is 4.46. The van der Waals surface area contributed by atoms with Gasteiger partial charge in [-0.1, -0.05) is 44.2 Å². The lowest BCUT2D eigenvalue weighted by Gasteiger charge is -2.24. The quantitative estimate of drug-likeness (QED) is 0.865. The van der Waals surface area contributed by atoms with Crippen molar-refractivity contribution in [2.75, 3.05) is 14.1 Å². The fourth-order valence-electron chi connectivity index (χ4n) is 2.47. The molecule has 0 aliphatic carbocycles. The second-order valence-corrected chi connectivity index (χ2v) is 5.93. The lowest BCUT2D eigenvalue weighted by Crippen LogP contribution is -2.34. The fourth-order valence-corrected chi connectivity index (χ4v) is 2.47. The van der Waals surface area contributed by atoms with Crippen LogP contribution in [0.2, 0.25) is 0 Å². The molecule has 0 saturated heterocycles. The highest BCUT2D eigenvalue weighted by Crippen LogP contribution is 2.26. The molecule has 1 heterocycles. The van der Waals surface area contributed by atoms with Crippen molar-refractivity contribution >= 4 is 5.91 Å². The number of benzene rings is 1. The van der Waals surface area contributed by atoms with Crippen molar-refractivity contribution in [2.24, 2.45) is 5.92 Å². The molecule has 0 N–H and O–H groups in total. The summed E-state index contributed by atoms with van der Waals surface area (Å²) >= 11 is 0. The molecule has 1 atom stereocenters. The van der Waals surface area contributed by atoms with Crippen LogP contribution in [-0.4, -0.2) is 34.7 Å². The van der Waals surface area contributed by atoms with E-state index < -0.39 is 0 Å². The Bertz CT molecular complexity index is 614. The minimum absolute atomic E-state index is 0.0760.